The van der Waals surface area contributed by atoms with Crippen molar-refractivity contribution in [2.45, 2.75) is 19.4 Å². The highest BCUT2D eigenvalue weighted by molar-refractivity contribution is 6.31. The molecule has 1 atom stereocenters. The summed E-state index contributed by atoms with van der Waals surface area (Å²) in [5, 5.41) is 4.14. The molecule has 96 valence electrons. The van der Waals surface area contributed by atoms with Crippen LogP contribution >= 0.6 is 11.6 Å². The van der Waals surface area contributed by atoms with Crippen molar-refractivity contribution in [1.82, 2.24) is 19.9 Å². The fourth-order valence-corrected chi connectivity index (χ4v) is 2.13. The first kappa shape index (κ1) is 13.1. The standard InChI is InChI=1S/C13H17ClN4/c1-3-16-12(13-8-18(2)9-17-13)6-10-4-5-15-7-11(10)14/h4-5,7-9,12,16H,3,6H2,1-2H3. The summed E-state index contributed by atoms with van der Waals surface area (Å²) < 4.78 is 1.95. The minimum atomic E-state index is 0.177. The van der Waals surface area contributed by atoms with Crippen LogP contribution in [0.2, 0.25) is 5.02 Å². The van der Waals surface area contributed by atoms with Crippen LogP contribution in [0.3, 0.4) is 0 Å². The lowest BCUT2D eigenvalue weighted by atomic mass is 10.0. The number of imidazole rings is 1. The molecular weight excluding hydrogens is 248 g/mol. The number of hydrogen-bond donors (Lipinski definition) is 1. The van der Waals surface area contributed by atoms with Gasteiger partial charge in [-0.25, -0.2) is 4.98 Å². The fraction of sp³-hybridized carbons (Fsp3) is 0.385. The third kappa shape index (κ3) is 3.09. The van der Waals surface area contributed by atoms with Crippen molar-refractivity contribution >= 4 is 11.6 Å². The third-order valence-electron chi connectivity index (χ3n) is 2.81. The molecule has 0 spiro atoms. The molecule has 0 amide bonds. The van der Waals surface area contributed by atoms with Crippen molar-refractivity contribution in [2.75, 3.05) is 6.54 Å². The molecule has 0 aromatic carbocycles. The van der Waals surface area contributed by atoms with E-state index in [1.807, 2.05) is 30.2 Å². The maximum absolute atomic E-state index is 6.15. The Morgan fingerprint density at radius 1 is 1.50 bits per heavy atom. The minimum Gasteiger partial charge on any atom is -0.340 e. The highest BCUT2D eigenvalue weighted by atomic mass is 35.5. The van der Waals surface area contributed by atoms with Crippen molar-refractivity contribution in [2.24, 2.45) is 7.05 Å². The van der Waals surface area contributed by atoms with Crippen LogP contribution in [0.25, 0.3) is 0 Å². The highest BCUT2D eigenvalue weighted by Gasteiger charge is 2.15. The molecule has 0 aliphatic rings. The molecule has 0 aliphatic carbocycles. The Morgan fingerprint density at radius 3 is 2.94 bits per heavy atom. The summed E-state index contributed by atoms with van der Waals surface area (Å²) in [5.74, 6) is 0. The van der Waals surface area contributed by atoms with Crippen LogP contribution in [0.4, 0.5) is 0 Å². The quantitative estimate of drug-likeness (QED) is 0.902. The molecular formula is C13H17ClN4. The Balaban J connectivity index is 2.19. The van der Waals surface area contributed by atoms with Crippen molar-refractivity contribution in [1.29, 1.82) is 0 Å². The Hall–Kier alpha value is -1.39. The van der Waals surface area contributed by atoms with Gasteiger partial charge in [-0.2, -0.15) is 0 Å². The van der Waals surface area contributed by atoms with E-state index in [0.29, 0.717) is 5.02 Å². The second-order valence-corrected chi connectivity index (χ2v) is 4.65. The van der Waals surface area contributed by atoms with Crippen LogP contribution in [0.5, 0.6) is 0 Å². The van der Waals surface area contributed by atoms with E-state index in [2.05, 4.69) is 22.2 Å². The summed E-state index contributed by atoms with van der Waals surface area (Å²) in [6.07, 6.45) is 8.10. The van der Waals surface area contributed by atoms with Crippen molar-refractivity contribution in [3.8, 4) is 0 Å². The Morgan fingerprint density at radius 2 is 2.33 bits per heavy atom. The second-order valence-electron chi connectivity index (χ2n) is 4.25. The van der Waals surface area contributed by atoms with E-state index in [1.54, 1.807) is 12.4 Å². The number of rotatable bonds is 5. The smallest absolute Gasteiger partial charge is 0.0947 e. The SMILES string of the molecule is CCNC(Cc1ccncc1Cl)c1cn(C)cn1. The Labute approximate surface area is 112 Å². The van der Waals surface area contributed by atoms with E-state index >= 15 is 0 Å². The summed E-state index contributed by atoms with van der Waals surface area (Å²) in [4.78, 5) is 8.41. The molecule has 18 heavy (non-hydrogen) atoms. The third-order valence-corrected chi connectivity index (χ3v) is 3.15. The van der Waals surface area contributed by atoms with E-state index in [4.69, 9.17) is 11.6 Å². The van der Waals surface area contributed by atoms with Gasteiger partial charge in [0.15, 0.2) is 0 Å². The number of pyridine rings is 1. The topological polar surface area (TPSA) is 42.7 Å². The van der Waals surface area contributed by atoms with Crippen molar-refractivity contribution < 1.29 is 0 Å². The first-order valence-electron chi connectivity index (χ1n) is 6.00. The maximum atomic E-state index is 6.15. The fourth-order valence-electron chi connectivity index (χ4n) is 1.93. The molecule has 1 unspecified atom stereocenters. The Bertz CT molecular complexity index is 509. The molecule has 4 nitrogen and oxygen atoms in total. The van der Waals surface area contributed by atoms with Crippen LogP contribution in [0.15, 0.2) is 31.0 Å². The first-order chi connectivity index (χ1) is 8.70. The summed E-state index contributed by atoms with van der Waals surface area (Å²) in [7, 11) is 1.97. The van der Waals surface area contributed by atoms with Gasteiger partial charge in [0.1, 0.15) is 0 Å². The number of nitrogens with one attached hydrogen (secondary N) is 1. The van der Waals surface area contributed by atoms with Gasteiger partial charge in [-0.1, -0.05) is 18.5 Å². The van der Waals surface area contributed by atoms with Gasteiger partial charge in [-0.05, 0) is 24.6 Å². The van der Waals surface area contributed by atoms with E-state index in [-0.39, 0.29) is 6.04 Å². The molecule has 0 saturated heterocycles. The van der Waals surface area contributed by atoms with E-state index in [1.165, 1.54) is 0 Å². The van der Waals surface area contributed by atoms with Gasteiger partial charge in [-0.15, -0.1) is 0 Å². The van der Waals surface area contributed by atoms with Gasteiger partial charge in [0.25, 0.3) is 0 Å². The molecule has 0 saturated carbocycles. The van der Waals surface area contributed by atoms with Gasteiger partial charge >= 0.3 is 0 Å². The van der Waals surface area contributed by atoms with Crippen LogP contribution in [-0.2, 0) is 13.5 Å². The summed E-state index contributed by atoms with van der Waals surface area (Å²) in [5.41, 5.74) is 2.12. The normalized spacial score (nSPS) is 12.6. The lowest BCUT2D eigenvalue weighted by molar-refractivity contribution is 0.538. The first-order valence-corrected chi connectivity index (χ1v) is 6.38. The zero-order valence-corrected chi connectivity index (χ0v) is 11.4. The predicted molar refractivity (Wildman–Crippen MR) is 72.6 cm³/mol. The highest BCUT2D eigenvalue weighted by Crippen LogP contribution is 2.21. The lowest BCUT2D eigenvalue weighted by Crippen LogP contribution is -2.23. The zero-order chi connectivity index (χ0) is 13.0. The minimum absolute atomic E-state index is 0.177. The lowest BCUT2D eigenvalue weighted by Gasteiger charge is -2.16. The molecule has 0 aliphatic heterocycles. The van der Waals surface area contributed by atoms with Crippen LogP contribution in [0, 0.1) is 0 Å². The van der Waals surface area contributed by atoms with Crippen LogP contribution in [-0.4, -0.2) is 21.1 Å². The predicted octanol–water partition coefficient (Wildman–Crippen LogP) is 2.36. The number of hydrogen-bond acceptors (Lipinski definition) is 3. The van der Waals surface area contributed by atoms with Crippen molar-refractivity contribution in [3.05, 3.63) is 47.3 Å². The summed E-state index contributed by atoms with van der Waals surface area (Å²) in [6.45, 7) is 2.98. The molecule has 0 radical (unpaired) electrons. The van der Waals surface area contributed by atoms with Gasteiger partial charge in [0, 0.05) is 25.6 Å². The van der Waals surface area contributed by atoms with Gasteiger partial charge in [-0.3, -0.25) is 4.98 Å². The molecule has 1 N–H and O–H groups in total. The zero-order valence-electron chi connectivity index (χ0n) is 10.6. The molecule has 2 heterocycles. The van der Waals surface area contributed by atoms with E-state index in [0.717, 1.165) is 24.2 Å². The number of aryl methyl sites for hydroxylation is 1. The number of halogens is 1. The van der Waals surface area contributed by atoms with E-state index in [9.17, 15) is 0 Å². The molecule has 0 bridgehead atoms. The average molecular weight is 265 g/mol. The number of aromatic nitrogens is 3. The van der Waals surface area contributed by atoms with Gasteiger partial charge in [0.05, 0.1) is 23.1 Å². The van der Waals surface area contributed by atoms with Gasteiger partial charge < -0.3 is 9.88 Å². The molecule has 5 heteroatoms. The molecule has 0 fully saturated rings. The molecule has 2 rings (SSSR count). The number of likely N-dealkylation sites (N-methyl/N-ethyl adjacent to an activating group) is 1. The Kier molecular flexibility index (Phi) is 4.33. The maximum Gasteiger partial charge on any atom is 0.0947 e. The largest absolute Gasteiger partial charge is 0.340 e. The second kappa shape index (κ2) is 5.98. The van der Waals surface area contributed by atoms with Gasteiger partial charge in [0.2, 0.25) is 0 Å². The molecule has 2 aromatic rings. The van der Waals surface area contributed by atoms with Crippen LogP contribution < -0.4 is 5.32 Å². The monoisotopic (exact) mass is 264 g/mol. The van der Waals surface area contributed by atoms with Crippen molar-refractivity contribution in [3.63, 3.8) is 0 Å². The molecule has 2 aromatic heterocycles. The van der Waals surface area contributed by atoms with Crippen LogP contribution in [0.1, 0.15) is 24.2 Å². The summed E-state index contributed by atoms with van der Waals surface area (Å²) >= 11 is 6.15. The summed E-state index contributed by atoms with van der Waals surface area (Å²) in [6, 6.07) is 2.13. The average Bonchev–Trinajstić information content (AvgIpc) is 2.78. The van der Waals surface area contributed by atoms with E-state index < -0.39 is 0 Å². The number of nitrogens with zero attached hydrogens (tertiary/aromatic N) is 3.